The van der Waals surface area contributed by atoms with Crippen LogP contribution in [0.4, 0.5) is 5.69 Å². The highest BCUT2D eigenvalue weighted by molar-refractivity contribution is 7.16. The van der Waals surface area contributed by atoms with Crippen molar-refractivity contribution >= 4 is 35.0 Å². The minimum Gasteiger partial charge on any atom is -0.478 e. The molecule has 1 aromatic heterocycles. The van der Waals surface area contributed by atoms with Crippen molar-refractivity contribution in [1.82, 2.24) is 0 Å². The molecule has 0 fully saturated rings. The first-order valence-electron chi connectivity index (χ1n) is 5.93. The quantitative estimate of drug-likeness (QED) is 0.846. The molecule has 0 spiro atoms. The van der Waals surface area contributed by atoms with Crippen LogP contribution in [0.15, 0.2) is 42.5 Å². The minimum absolute atomic E-state index is 0.102. The van der Waals surface area contributed by atoms with E-state index in [2.05, 4.69) is 5.32 Å². The van der Waals surface area contributed by atoms with Crippen molar-refractivity contribution in [2.24, 2.45) is 0 Å². The number of thiophene rings is 1. The number of hydrogen-bond donors (Lipinski definition) is 2. The van der Waals surface area contributed by atoms with E-state index in [1.165, 1.54) is 18.3 Å². The number of hydrogen-bond acceptors (Lipinski definition) is 3. The number of carbonyl (C=O) groups is 2. The van der Waals surface area contributed by atoms with Gasteiger partial charge in [-0.15, -0.1) is 11.3 Å². The van der Waals surface area contributed by atoms with Crippen LogP contribution in [0.2, 0.25) is 0 Å². The zero-order chi connectivity index (χ0) is 14.5. The maximum absolute atomic E-state index is 10.9. The van der Waals surface area contributed by atoms with Crippen LogP contribution in [-0.4, -0.2) is 17.0 Å². The van der Waals surface area contributed by atoms with Crippen LogP contribution in [0.1, 0.15) is 11.8 Å². The molecule has 0 radical (unpaired) electrons. The molecule has 1 heterocycles. The Morgan fingerprint density at radius 2 is 1.85 bits per heavy atom. The smallest absolute Gasteiger partial charge is 0.328 e. The Morgan fingerprint density at radius 1 is 1.15 bits per heavy atom. The van der Waals surface area contributed by atoms with Gasteiger partial charge in [0.25, 0.3) is 0 Å². The van der Waals surface area contributed by atoms with Crippen LogP contribution in [0, 0.1) is 0 Å². The standard InChI is InChI=1S/C15H13NO3S/c1-10(17)16-12-4-2-11(3-5-12)14-8-6-13(20-14)7-9-15(18)19/h2-9H,1H3,(H,16,17)(H,18,19)/b9-7+. The van der Waals surface area contributed by atoms with E-state index in [4.69, 9.17) is 5.11 Å². The van der Waals surface area contributed by atoms with Gasteiger partial charge in [0.2, 0.25) is 5.91 Å². The van der Waals surface area contributed by atoms with Gasteiger partial charge in [-0.05, 0) is 35.9 Å². The maximum Gasteiger partial charge on any atom is 0.328 e. The molecule has 1 amide bonds. The van der Waals surface area contributed by atoms with Gasteiger partial charge in [0.15, 0.2) is 0 Å². The van der Waals surface area contributed by atoms with Gasteiger partial charge >= 0.3 is 5.97 Å². The molecule has 0 saturated heterocycles. The highest BCUT2D eigenvalue weighted by Gasteiger charge is 2.02. The average Bonchev–Trinajstić information content (AvgIpc) is 2.85. The molecule has 0 unspecified atom stereocenters. The molecule has 102 valence electrons. The minimum atomic E-state index is -0.959. The van der Waals surface area contributed by atoms with Crippen molar-refractivity contribution in [3.05, 3.63) is 47.4 Å². The second kappa shape index (κ2) is 6.16. The molecule has 4 nitrogen and oxygen atoms in total. The van der Waals surface area contributed by atoms with Crippen molar-refractivity contribution in [1.29, 1.82) is 0 Å². The number of rotatable bonds is 4. The largest absolute Gasteiger partial charge is 0.478 e. The lowest BCUT2D eigenvalue weighted by molar-refractivity contribution is -0.131. The molecule has 0 saturated carbocycles. The Kier molecular flexibility index (Phi) is 4.32. The van der Waals surface area contributed by atoms with Gasteiger partial charge < -0.3 is 10.4 Å². The summed E-state index contributed by atoms with van der Waals surface area (Å²) in [4.78, 5) is 23.3. The van der Waals surface area contributed by atoms with E-state index in [9.17, 15) is 9.59 Å². The van der Waals surface area contributed by atoms with Crippen LogP contribution in [0.3, 0.4) is 0 Å². The fraction of sp³-hybridized carbons (Fsp3) is 0.0667. The lowest BCUT2D eigenvalue weighted by Crippen LogP contribution is -2.05. The summed E-state index contributed by atoms with van der Waals surface area (Å²) in [5.74, 6) is -1.06. The summed E-state index contributed by atoms with van der Waals surface area (Å²) in [5, 5.41) is 11.3. The lowest BCUT2D eigenvalue weighted by atomic mass is 10.2. The molecular weight excluding hydrogens is 274 g/mol. The molecule has 1 aromatic carbocycles. The Labute approximate surface area is 120 Å². The summed E-state index contributed by atoms with van der Waals surface area (Å²) < 4.78 is 0. The molecule has 0 aliphatic heterocycles. The second-order valence-corrected chi connectivity index (χ2v) is 5.25. The number of anilines is 1. The van der Waals surface area contributed by atoms with Gasteiger partial charge in [0.1, 0.15) is 0 Å². The monoisotopic (exact) mass is 287 g/mol. The molecule has 2 rings (SSSR count). The first-order chi connectivity index (χ1) is 9.54. The maximum atomic E-state index is 10.9. The number of aliphatic carboxylic acids is 1. The fourth-order valence-corrected chi connectivity index (χ4v) is 2.59. The lowest BCUT2D eigenvalue weighted by Gasteiger charge is -2.02. The summed E-state index contributed by atoms with van der Waals surface area (Å²) in [7, 11) is 0. The van der Waals surface area contributed by atoms with Crippen molar-refractivity contribution in [2.45, 2.75) is 6.92 Å². The zero-order valence-corrected chi connectivity index (χ0v) is 11.6. The number of carbonyl (C=O) groups excluding carboxylic acids is 1. The van der Waals surface area contributed by atoms with Crippen LogP contribution >= 0.6 is 11.3 Å². The van der Waals surface area contributed by atoms with Crippen molar-refractivity contribution in [3.8, 4) is 10.4 Å². The third-order valence-electron chi connectivity index (χ3n) is 2.51. The topological polar surface area (TPSA) is 66.4 Å². The number of benzene rings is 1. The first-order valence-corrected chi connectivity index (χ1v) is 6.75. The summed E-state index contributed by atoms with van der Waals surface area (Å²) in [5.41, 5.74) is 1.78. The highest BCUT2D eigenvalue weighted by Crippen LogP contribution is 2.29. The fourth-order valence-electron chi connectivity index (χ4n) is 1.67. The third-order valence-corrected chi connectivity index (χ3v) is 3.61. The first kappa shape index (κ1) is 14.0. The molecule has 5 heteroatoms. The predicted octanol–water partition coefficient (Wildman–Crippen LogP) is 3.47. The SMILES string of the molecule is CC(=O)Nc1ccc(-c2ccc(/C=C/C(=O)O)s2)cc1. The molecule has 0 bridgehead atoms. The van der Waals surface area contributed by atoms with Gasteiger partial charge in [0, 0.05) is 28.4 Å². The van der Waals surface area contributed by atoms with E-state index in [0.717, 1.165) is 27.1 Å². The van der Waals surface area contributed by atoms with E-state index < -0.39 is 5.97 Å². The number of carboxylic acids is 1. The Hall–Kier alpha value is -2.40. The molecular formula is C15H13NO3S. The number of carboxylic acid groups (broad SMARTS) is 1. The zero-order valence-electron chi connectivity index (χ0n) is 10.8. The summed E-state index contributed by atoms with van der Waals surface area (Å²) >= 11 is 1.51. The van der Waals surface area contributed by atoms with E-state index in [-0.39, 0.29) is 5.91 Å². The molecule has 0 aliphatic rings. The second-order valence-electron chi connectivity index (χ2n) is 4.13. The summed E-state index contributed by atoms with van der Waals surface area (Å²) in [6.07, 6.45) is 2.69. The summed E-state index contributed by atoms with van der Waals surface area (Å²) in [6.45, 7) is 1.47. The predicted molar refractivity (Wildman–Crippen MR) is 80.7 cm³/mol. The van der Waals surface area contributed by atoms with Crippen LogP contribution < -0.4 is 5.32 Å². The Morgan fingerprint density at radius 3 is 2.45 bits per heavy atom. The van der Waals surface area contributed by atoms with Crippen molar-refractivity contribution in [3.63, 3.8) is 0 Å². The normalized spacial score (nSPS) is 10.7. The van der Waals surface area contributed by atoms with Crippen LogP contribution in [0.25, 0.3) is 16.5 Å². The van der Waals surface area contributed by atoms with Crippen LogP contribution in [-0.2, 0) is 9.59 Å². The molecule has 20 heavy (non-hydrogen) atoms. The van der Waals surface area contributed by atoms with Gasteiger partial charge in [-0.2, -0.15) is 0 Å². The molecule has 0 atom stereocenters. The highest BCUT2D eigenvalue weighted by atomic mass is 32.1. The van der Waals surface area contributed by atoms with E-state index in [0.29, 0.717) is 0 Å². The van der Waals surface area contributed by atoms with E-state index in [1.54, 1.807) is 6.08 Å². The molecule has 0 aliphatic carbocycles. The number of amides is 1. The number of nitrogens with one attached hydrogen (secondary N) is 1. The van der Waals surface area contributed by atoms with Gasteiger partial charge in [-0.25, -0.2) is 4.79 Å². The van der Waals surface area contributed by atoms with Gasteiger partial charge in [-0.3, -0.25) is 4.79 Å². The Balaban J connectivity index is 2.15. The third kappa shape index (κ3) is 3.80. The van der Waals surface area contributed by atoms with Gasteiger partial charge in [0.05, 0.1) is 0 Å². The van der Waals surface area contributed by atoms with Crippen molar-refractivity contribution in [2.75, 3.05) is 5.32 Å². The van der Waals surface area contributed by atoms with Crippen molar-refractivity contribution < 1.29 is 14.7 Å². The molecule has 2 N–H and O–H groups in total. The summed E-state index contributed by atoms with van der Waals surface area (Å²) in [6, 6.07) is 11.3. The van der Waals surface area contributed by atoms with Gasteiger partial charge in [-0.1, -0.05) is 12.1 Å². The van der Waals surface area contributed by atoms with Crippen LogP contribution in [0.5, 0.6) is 0 Å². The Bertz CT molecular complexity index is 656. The van der Waals surface area contributed by atoms with E-state index >= 15 is 0 Å². The van der Waals surface area contributed by atoms with E-state index in [1.807, 2.05) is 36.4 Å². The molecule has 2 aromatic rings. The average molecular weight is 287 g/mol.